The van der Waals surface area contributed by atoms with Gasteiger partial charge in [0.05, 0.1) is 0 Å². The Hall–Kier alpha value is -2.54. The van der Waals surface area contributed by atoms with Crippen LogP contribution in [0.3, 0.4) is 0 Å². The zero-order valence-electron chi connectivity index (χ0n) is 14.9. The van der Waals surface area contributed by atoms with Gasteiger partial charge >= 0.3 is 0 Å². The maximum absolute atomic E-state index is 4.27. The summed E-state index contributed by atoms with van der Waals surface area (Å²) in [4.78, 5) is 5.56. The van der Waals surface area contributed by atoms with E-state index in [0.717, 1.165) is 49.1 Å². The van der Waals surface area contributed by atoms with Crippen molar-refractivity contribution in [3.8, 4) is 0 Å². The quantitative estimate of drug-likeness (QED) is 0.277. The van der Waals surface area contributed by atoms with Gasteiger partial charge in [-0.05, 0) is 30.7 Å². The number of aromatic nitrogens is 3. The van der Waals surface area contributed by atoms with Gasteiger partial charge in [0.15, 0.2) is 11.6 Å². The summed E-state index contributed by atoms with van der Waals surface area (Å²) in [5.41, 5.74) is 0.892. The number of pyridine rings is 1. The Labute approximate surface area is 158 Å². The van der Waals surface area contributed by atoms with Gasteiger partial charge in [0, 0.05) is 43.4 Å². The molecule has 0 radical (unpaired) electrons. The highest BCUT2D eigenvalue weighted by Gasteiger charge is 2.04. The van der Waals surface area contributed by atoms with Crippen LogP contribution in [0.1, 0.15) is 12.2 Å². The molecule has 2 heterocycles. The molecule has 0 aliphatic heterocycles. The highest BCUT2D eigenvalue weighted by molar-refractivity contribution is 7.99. The summed E-state index contributed by atoms with van der Waals surface area (Å²) in [5, 5.41) is 15.1. The zero-order chi connectivity index (χ0) is 18.0. The molecule has 26 heavy (non-hydrogen) atoms. The van der Waals surface area contributed by atoms with Crippen molar-refractivity contribution in [3.05, 3.63) is 60.6 Å². The lowest BCUT2D eigenvalue weighted by atomic mass is 10.3. The largest absolute Gasteiger partial charge is 0.356 e. The van der Waals surface area contributed by atoms with Crippen LogP contribution in [0.4, 0.5) is 0 Å². The highest BCUT2D eigenvalue weighted by Crippen LogP contribution is 2.15. The van der Waals surface area contributed by atoms with Gasteiger partial charge in [0.1, 0.15) is 5.82 Å². The van der Waals surface area contributed by atoms with E-state index in [1.54, 1.807) is 7.05 Å². The van der Waals surface area contributed by atoms with Crippen molar-refractivity contribution >= 4 is 23.4 Å². The number of rotatable bonds is 8. The number of guanidine groups is 1. The first-order valence-electron chi connectivity index (χ1n) is 8.78. The number of hydrogen-bond donors (Lipinski definition) is 2. The summed E-state index contributed by atoms with van der Waals surface area (Å²) in [7, 11) is 1.80. The normalized spacial score (nSPS) is 11.7. The second kappa shape index (κ2) is 9.82. The number of benzene rings is 1. The molecule has 1 aromatic carbocycles. The van der Waals surface area contributed by atoms with Gasteiger partial charge in [0.2, 0.25) is 0 Å². The van der Waals surface area contributed by atoms with Crippen LogP contribution in [0.2, 0.25) is 0 Å². The van der Waals surface area contributed by atoms with Gasteiger partial charge in [-0.2, -0.15) is 0 Å². The van der Waals surface area contributed by atoms with E-state index < -0.39 is 0 Å². The Balaban J connectivity index is 1.34. The molecule has 0 amide bonds. The van der Waals surface area contributed by atoms with E-state index in [0.29, 0.717) is 0 Å². The van der Waals surface area contributed by atoms with Crippen LogP contribution in [0.15, 0.2) is 64.6 Å². The Kier molecular flexibility index (Phi) is 6.89. The molecule has 3 rings (SSSR count). The Bertz CT molecular complexity index is 830. The summed E-state index contributed by atoms with van der Waals surface area (Å²) in [6, 6.07) is 16.4. The van der Waals surface area contributed by atoms with Gasteiger partial charge in [-0.25, -0.2) is 0 Å². The van der Waals surface area contributed by atoms with E-state index in [1.807, 2.05) is 46.6 Å². The first-order valence-corrected chi connectivity index (χ1v) is 9.76. The fraction of sp³-hybridized carbons (Fsp3) is 0.316. The van der Waals surface area contributed by atoms with E-state index in [9.17, 15) is 0 Å². The molecule has 6 nitrogen and oxygen atoms in total. The monoisotopic (exact) mass is 368 g/mol. The molecule has 0 atom stereocenters. The molecule has 0 unspecified atom stereocenters. The molecule has 3 aromatic rings. The minimum Gasteiger partial charge on any atom is -0.356 e. The number of thioether (sulfide) groups is 1. The average molecular weight is 369 g/mol. The van der Waals surface area contributed by atoms with Crippen LogP contribution < -0.4 is 10.6 Å². The van der Waals surface area contributed by atoms with Gasteiger partial charge in [0.25, 0.3) is 0 Å². The van der Waals surface area contributed by atoms with E-state index in [-0.39, 0.29) is 0 Å². The number of nitrogens with zero attached hydrogens (tertiary/aromatic N) is 4. The Morgan fingerprint density at radius 2 is 1.85 bits per heavy atom. The molecular weight excluding hydrogens is 344 g/mol. The maximum Gasteiger partial charge on any atom is 0.191 e. The first-order chi connectivity index (χ1) is 12.9. The van der Waals surface area contributed by atoms with Crippen molar-refractivity contribution in [1.29, 1.82) is 0 Å². The van der Waals surface area contributed by atoms with E-state index in [2.05, 4.69) is 50.1 Å². The van der Waals surface area contributed by atoms with Crippen LogP contribution in [0, 0.1) is 0 Å². The van der Waals surface area contributed by atoms with Crippen molar-refractivity contribution in [2.45, 2.75) is 17.7 Å². The molecule has 0 aliphatic rings. The molecule has 7 heteroatoms. The van der Waals surface area contributed by atoms with Gasteiger partial charge in [-0.3, -0.25) is 9.39 Å². The third kappa shape index (κ3) is 5.23. The van der Waals surface area contributed by atoms with Gasteiger partial charge < -0.3 is 10.6 Å². The first kappa shape index (κ1) is 18.3. The van der Waals surface area contributed by atoms with E-state index in [1.165, 1.54) is 4.90 Å². The lowest BCUT2D eigenvalue weighted by Gasteiger charge is -2.11. The van der Waals surface area contributed by atoms with Crippen molar-refractivity contribution in [3.63, 3.8) is 0 Å². The summed E-state index contributed by atoms with van der Waals surface area (Å²) < 4.78 is 2.04. The molecule has 0 aliphatic carbocycles. The molecule has 136 valence electrons. The SMILES string of the molecule is CN=C(NCCCc1nnc2ccccn12)NCCSc1ccccc1. The van der Waals surface area contributed by atoms with Crippen molar-refractivity contribution < 1.29 is 0 Å². The number of aliphatic imine (C=N–C) groups is 1. The summed E-state index contributed by atoms with van der Waals surface area (Å²) >= 11 is 1.84. The topological polar surface area (TPSA) is 66.6 Å². The molecule has 2 N–H and O–H groups in total. The fourth-order valence-electron chi connectivity index (χ4n) is 2.59. The average Bonchev–Trinajstić information content (AvgIpc) is 3.11. The fourth-order valence-corrected chi connectivity index (χ4v) is 3.38. The summed E-state index contributed by atoms with van der Waals surface area (Å²) in [5.74, 6) is 2.82. The minimum atomic E-state index is 0.838. The lowest BCUT2D eigenvalue weighted by Crippen LogP contribution is -2.38. The smallest absolute Gasteiger partial charge is 0.191 e. The number of fused-ring (bicyclic) bond motifs is 1. The summed E-state index contributed by atoms with van der Waals surface area (Å²) in [6.07, 6.45) is 3.84. The second-order valence-electron chi connectivity index (χ2n) is 5.74. The molecule has 2 aromatic heterocycles. The van der Waals surface area contributed by atoms with Crippen LogP contribution >= 0.6 is 11.8 Å². The third-order valence-electron chi connectivity index (χ3n) is 3.88. The van der Waals surface area contributed by atoms with Crippen molar-refractivity contribution in [2.75, 3.05) is 25.9 Å². The molecule has 0 bridgehead atoms. The maximum atomic E-state index is 4.27. The predicted octanol–water partition coefficient (Wildman–Crippen LogP) is 2.62. The summed E-state index contributed by atoms with van der Waals surface area (Å²) in [6.45, 7) is 1.71. The number of nitrogens with one attached hydrogen (secondary N) is 2. The Morgan fingerprint density at radius 1 is 1.04 bits per heavy atom. The van der Waals surface area contributed by atoms with Crippen molar-refractivity contribution in [1.82, 2.24) is 25.2 Å². The molecular formula is C19H24N6S. The predicted molar refractivity (Wildman–Crippen MR) is 108 cm³/mol. The van der Waals surface area contributed by atoms with Crippen LogP contribution in [-0.4, -0.2) is 46.4 Å². The van der Waals surface area contributed by atoms with Crippen molar-refractivity contribution in [2.24, 2.45) is 4.99 Å². The number of hydrogen-bond acceptors (Lipinski definition) is 4. The highest BCUT2D eigenvalue weighted by atomic mass is 32.2. The van der Waals surface area contributed by atoms with Gasteiger partial charge in [-0.15, -0.1) is 22.0 Å². The second-order valence-corrected chi connectivity index (χ2v) is 6.90. The Morgan fingerprint density at radius 3 is 2.69 bits per heavy atom. The standard InChI is InChI=1S/C19H24N6S/c1-20-19(22-13-15-26-16-8-3-2-4-9-16)21-12-7-11-18-24-23-17-10-5-6-14-25(17)18/h2-6,8-10,14H,7,11-13,15H2,1H3,(H2,20,21,22). The number of aryl methyl sites for hydroxylation is 1. The molecule has 0 saturated heterocycles. The lowest BCUT2D eigenvalue weighted by molar-refractivity contribution is 0.718. The van der Waals surface area contributed by atoms with Gasteiger partial charge in [-0.1, -0.05) is 24.3 Å². The van der Waals surface area contributed by atoms with Crippen LogP contribution in [0.25, 0.3) is 5.65 Å². The van der Waals surface area contributed by atoms with E-state index in [4.69, 9.17) is 0 Å². The molecule has 0 spiro atoms. The van der Waals surface area contributed by atoms with E-state index >= 15 is 0 Å². The van der Waals surface area contributed by atoms with Crippen LogP contribution in [-0.2, 0) is 6.42 Å². The minimum absolute atomic E-state index is 0.838. The zero-order valence-corrected chi connectivity index (χ0v) is 15.7. The molecule has 0 saturated carbocycles. The van der Waals surface area contributed by atoms with Crippen LogP contribution in [0.5, 0.6) is 0 Å². The molecule has 0 fully saturated rings. The third-order valence-corrected chi connectivity index (χ3v) is 4.90.